The molecule has 250 valence electrons. The molecule has 1 aliphatic rings. The van der Waals surface area contributed by atoms with Crippen LogP contribution >= 0.6 is 0 Å². The van der Waals surface area contributed by atoms with Gasteiger partial charge < -0.3 is 0 Å². The summed E-state index contributed by atoms with van der Waals surface area (Å²) in [6.07, 6.45) is 0. The first kappa shape index (κ1) is 31.3. The topological polar surface area (TPSA) is 38.7 Å². The zero-order valence-electron chi connectivity index (χ0n) is 29.6. The van der Waals surface area contributed by atoms with Crippen molar-refractivity contribution in [3.8, 4) is 67.5 Å². The van der Waals surface area contributed by atoms with Gasteiger partial charge in [-0.2, -0.15) is 0 Å². The van der Waals surface area contributed by atoms with Crippen molar-refractivity contribution in [2.75, 3.05) is 0 Å². The van der Waals surface area contributed by atoms with Crippen molar-refractivity contribution in [2.24, 2.45) is 0 Å². The van der Waals surface area contributed by atoms with Gasteiger partial charge >= 0.3 is 0 Å². The minimum Gasteiger partial charge on any atom is -0.208 e. The third kappa shape index (κ3) is 5.47. The molecule has 1 aromatic heterocycles. The quantitative estimate of drug-likeness (QED) is 0.168. The fourth-order valence-corrected chi connectivity index (χ4v) is 11.1. The Kier molecular flexibility index (Phi) is 7.27. The van der Waals surface area contributed by atoms with Crippen molar-refractivity contribution in [2.45, 2.75) is 13.1 Å². The largest absolute Gasteiger partial charge is 0.208 e. The molecule has 8 aromatic carbocycles. The van der Waals surface area contributed by atoms with Gasteiger partial charge in [-0.05, 0) is 89.6 Å². The van der Waals surface area contributed by atoms with Crippen molar-refractivity contribution in [1.29, 1.82) is 0 Å². The molecule has 0 radical (unpaired) electrons. The van der Waals surface area contributed by atoms with Crippen LogP contribution in [0.3, 0.4) is 0 Å². The normalized spacial score (nSPS) is 12.9. The second kappa shape index (κ2) is 12.3. The molecule has 0 aliphatic carbocycles. The minimum absolute atomic E-state index is 0.654. The molecule has 0 atom stereocenters. The first-order valence-electron chi connectivity index (χ1n) is 18.2. The highest BCUT2D eigenvalue weighted by molar-refractivity contribution is 7.04. The summed E-state index contributed by atoms with van der Waals surface area (Å²) in [4.78, 5) is 15.5. The average molecular weight is 694 g/mol. The Morgan fingerprint density at radius 3 is 1.51 bits per heavy atom. The van der Waals surface area contributed by atoms with E-state index in [1.54, 1.807) is 0 Å². The summed E-state index contributed by atoms with van der Waals surface area (Å²) in [7, 11) is -1.89. The van der Waals surface area contributed by atoms with Crippen molar-refractivity contribution < 1.29 is 0 Å². The summed E-state index contributed by atoms with van der Waals surface area (Å²) >= 11 is 0. The maximum absolute atomic E-state index is 5.19. The monoisotopic (exact) mass is 693 g/mol. The SMILES string of the molecule is C[Si]1(C)c2ccc(-c3nc(-c4ccc(-c5ccc6ccccc6c5)cc4)nc(-c4cccc(-c5ccccc5)c4)n3)cc2-c2cc3ccccc3cc21. The minimum atomic E-state index is -1.89. The maximum Gasteiger partial charge on any atom is 0.164 e. The van der Waals surface area contributed by atoms with Gasteiger partial charge in [0, 0.05) is 16.7 Å². The van der Waals surface area contributed by atoms with Crippen LogP contribution in [-0.4, -0.2) is 23.0 Å². The van der Waals surface area contributed by atoms with Gasteiger partial charge in [0.25, 0.3) is 0 Å². The summed E-state index contributed by atoms with van der Waals surface area (Å²) < 4.78 is 0. The van der Waals surface area contributed by atoms with Crippen LogP contribution in [-0.2, 0) is 0 Å². The fraction of sp³-hybridized carbons (Fsp3) is 0.0408. The van der Waals surface area contributed by atoms with Crippen LogP contribution < -0.4 is 10.4 Å². The van der Waals surface area contributed by atoms with E-state index in [0.29, 0.717) is 17.5 Å². The standard InChI is InChI=1S/C49H35N3Si/c1-53(2)45-26-25-42(30-43(45)44-29-38-15-8-9-16-39(38)31-46(44)53)49-51-47(50-48(52-49)41-18-10-17-37(28-41)32-11-4-3-5-12-32)35-22-19-34(20-23-35)40-24-21-33-13-6-7-14-36(33)27-40/h3-31H,1-2H3. The molecule has 3 nitrogen and oxygen atoms in total. The van der Waals surface area contributed by atoms with Gasteiger partial charge in [0.2, 0.25) is 0 Å². The van der Waals surface area contributed by atoms with Crippen LogP contribution in [0.2, 0.25) is 13.1 Å². The van der Waals surface area contributed by atoms with Gasteiger partial charge in [-0.15, -0.1) is 0 Å². The Morgan fingerprint density at radius 1 is 0.302 bits per heavy atom. The van der Waals surface area contributed by atoms with Crippen LogP contribution in [0.1, 0.15) is 0 Å². The van der Waals surface area contributed by atoms with Gasteiger partial charge in [-0.25, -0.2) is 15.0 Å². The third-order valence-corrected chi connectivity index (χ3v) is 14.4. The Bertz CT molecular complexity index is 2860. The molecule has 9 aromatic rings. The number of aromatic nitrogens is 3. The number of hydrogen-bond donors (Lipinski definition) is 0. The molecule has 4 heteroatoms. The van der Waals surface area contributed by atoms with Gasteiger partial charge in [0.05, 0.1) is 0 Å². The van der Waals surface area contributed by atoms with Crippen LogP contribution in [0.5, 0.6) is 0 Å². The first-order chi connectivity index (χ1) is 26.0. The third-order valence-electron chi connectivity index (χ3n) is 10.9. The highest BCUT2D eigenvalue weighted by Gasteiger charge is 2.38. The number of nitrogens with zero attached hydrogens (tertiary/aromatic N) is 3. The predicted octanol–water partition coefficient (Wildman–Crippen LogP) is 11.3. The van der Waals surface area contributed by atoms with E-state index in [4.69, 9.17) is 15.0 Å². The van der Waals surface area contributed by atoms with Crippen molar-refractivity contribution in [3.05, 3.63) is 176 Å². The Balaban J connectivity index is 1.11. The van der Waals surface area contributed by atoms with Crippen LogP contribution in [0, 0.1) is 0 Å². The lowest BCUT2D eigenvalue weighted by atomic mass is 9.99. The van der Waals surface area contributed by atoms with Crippen molar-refractivity contribution in [1.82, 2.24) is 15.0 Å². The summed E-state index contributed by atoms with van der Waals surface area (Å²) in [6, 6.07) is 63.0. The van der Waals surface area contributed by atoms with E-state index >= 15 is 0 Å². The van der Waals surface area contributed by atoms with Crippen molar-refractivity contribution >= 4 is 40.0 Å². The van der Waals surface area contributed by atoms with Crippen LogP contribution in [0.25, 0.3) is 89.1 Å². The summed E-state index contributed by atoms with van der Waals surface area (Å²) in [5.74, 6) is 1.98. The van der Waals surface area contributed by atoms with Crippen molar-refractivity contribution in [3.63, 3.8) is 0 Å². The number of benzene rings is 8. The maximum atomic E-state index is 5.19. The van der Waals surface area contributed by atoms with Crippen LogP contribution in [0.15, 0.2) is 176 Å². The summed E-state index contributed by atoms with van der Waals surface area (Å²) in [6.45, 7) is 4.93. The lowest BCUT2D eigenvalue weighted by molar-refractivity contribution is 1.07. The number of hydrogen-bond acceptors (Lipinski definition) is 3. The van der Waals surface area contributed by atoms with E-state index < -0.39 is 8.07 Å². The molecule has 0 saturated heterocycles. The molecule has 0 fully saturated rings. The molecular weight excluding hydrogens is 659 g/mol. The van der Waals surface area contributed by atoms with Gasteiger partial charge in [0.15, 0.2) is 17.5 Å². The highest BCUT2D eigenvalue weighted by atomic mass is 28.3. The average Bonchev–Trinajstić information content (AvgIpc) is 3.44. The second-order valence-electron chi connectivity index (χ2n) is 14.5. The molecule has 0 bridgehead atoms. The lowest BCUT2D eigenvalue weighted by Gasteiger charge is -2.19. The van der Waals surface area contributed by atoms with Gasteiger partial charge in [-0.1, -0.05) is 165 Å². The van der Waals surface area contributed by atoms with Gasteiger partial charge in [-0.3, -0.25) is 0 Å². The molecular formula is C49H35N3Si. The zero-order valence-corrected chi connectivity index (χ0v) is 30.6. The number of fused-ring (bicyclic) bond motifs is 5. The smallest absolute Gasteiger partial charge is 0.164 e. The molecule has 0 saturated carbocycles. The molecule has 0 spiro atoms. The number of rotatable bonds is 5. The van der Waals surface area contributed by atoms with E-state index in [1.165, 1.54) is 48.6 Å². The molecule has 0 unspecified atom stereocenters. The molecule has 0 N–H and O–H groups in total. The first-order valence-corrected chi connectivity index (χ1v) is 21.2. The fourth-order valence-electron chi connectivity index (χ4n) is 7.99. The Morgan fingerprint density at radius 2 is 0.774 bits per heavy atom. The predicted molar refractivity (Wildman–Crippen MR) is 224 cm³/mol. The Labute approximate surface area is 310 Å². The molecule has 53 heavy (non-hydrogen) atoms. The van der Waals surface area contributed by atoms with E-state index in [1.807, 2.05) is 6.07 Å². The summed E-state index contributed by atoms with van der Waals surface area (Å²) in [5, 5.41) is 7.99. The molecule has 1 aliphatic heterocycles. The van der Waals surface area contributed by atoms with E-state index in [0.717, 1.165) is 33.4 Å². The molecule has 2 heterocycles. The van der Waals surface area contributed by atoms with E-state index in [2.05, 4.69) is 183 Å². The lowest BCUT2D eigenvalue weighted by Crippen LogP contribution is -2.49. The zero-order chi connectivity index (χ0) is 35.5. The second-order valence-corrected chi connectivity index (χ2v) is 18.8. The molecule has 0 amide bonds. The van der Waals surface area contributed by atoms with E-state index in [9.17, 15) is 0 Å². The summed E-state index contributed by atoms with van der Waals surface area (Å²) in [5.41, 5.74) is 10.2. The van der Waals surface area contributed by atoms with E-state index in [-0.39, 0.29) is 0 Å². The highest BCUT2D eigenvalue weighted by Crippen LogP contribution is 2.35. The Hall–Kier alpha value is -6.49. The molecule has 10 rings (SSSR count). The van der Waals surface area contributed by atoms with Gasteiger partial charge in [0.1, 0.15) is 8.07 Å². The van der Waals surface area contributed by atoms with Crippen LogP contribution in [0.4, 0.5) is 0 Å².